The van der Waals surface area contributed by atoms with E-state index in [4.69, 9.17) is 5.41 Å². The number of hydrogen-bond donors (Lipinski definition) is 1. The molecule has 116 valence electrons. The molecule has 0 aliphatic heterocycles. The fourth-order valence-corrected chi connectivity index (χ4v) is 3.36. The summed E-state index contributed by atoms with van der Waals surface area (Å²) in [5.41, 5.74) is 4.21. The fourth-order valence-electron chi connectivity index (χ4n) is 2.49. The number of non-ortho nitro benzene ring substituents is 1. The van der Waals surface area contributed by atoms with Gasteiger partial charge in [0, 0.05) is 18.3 Å². The van der Waals surface area contributed by atoms with Crippen LogP contribution in [0.1, 0.15) is 11.1 Å². The predicted molar refractivity (Wildman–Crippen MR) is 91.1 cm³/mol. The molecular formula is C17H15N3O2S. The van der Waals surface area contributed by atoms with Crippen molar-refractivity contribution in [2.45, 2.75) is 13.8 Å². The molecule has 0 fully saturated rings. The predicted octanol–water partition coefficient (Wildman–Crippen LogP) is 4.21. The van der Waals surface area contributed by atoms with Gasteiger partial charge in [0.2, 0.25) is 0 Å². The number of hydrogen-bond acceptors (Lipinski definition) is 4. The third-order valence-electron chi connectivity index (χ3n) is 3.65. The van der Waals surface area contributed by atoms with E-state index in [2.05, 4.69) is 6.07 Å². The summed E-state index contributed by atoms with van der Waals surface area (Å²) in [4.78, 5) is 11.6. The van der Waals surface area contributed by atoms with Crippen LogP contribution in [0.25, 0.3) is 16.1 Å². The molecule has 1 N–H and O–H groups in total. The highest BCUT2D eigenvalue weighted by molar-refractivity contribution is 7.12. The second kappa shape index (κ2) is 5.81. The maximum Gasteiger partial charge on any atom is 0.269 e. The minimum Gasteiger partial charge on any atom is -0.292 e. The van der Waals surface area contributed by atoms with Gasteiger partial charge in [-0.2, -0.15) is 0 Å². The Morgan fingerprint density at radius 1 is 1.13 bits per heavy atom. The average molecular weight is 325 g/mol. The van der Waals surface area contributed by atoms with Crippen LogP contribution in [0.2, 0.25) is 0 Å². The van der Waals surface area contributed by atoms with Gasteiger partial charge in [0.1, 0.15) is 0 Å². The first kappa shape index (κ1) is 15.2. The lowest BCUT2D eigenvalue weighted by atomic mass is 10.1. The van der Waals surface area contributed by atoms with Crippen molar-refractivity contribution < 1.29 is 4.92 Å². The second-order valence-corrected chi connectivity index (χ2v) is 6.40. The summed E-state index contributed by atoms with van der Waals surface area (Å²) in [5.74, 6) is 0. The van der Waals surface area contributed by atoms with Gasteiger partial charge in [0.05, 0.1) is 15.5 Å². The Morgan fingerprint density at radius 3 is 2.43 bits per heavy atom. The standard InChI is InChI=1S/C17H15N3O2S/c1-11-3-8-15(12(2)9-11)19-10-16(23-17(19)18)13-4-6-14(7-5-13)20(21)22/h3-10,18H,1-2H3. The van der Waals surface area contributed by atoms with Gasteiger partial charge >= 0.3 is 0 Å². The number of nitrogens with zero attached hydrogens (tertiary/aromatic N) is 2. The number of nitro groups is 1. The smallest absolute Gasteiger partial charge is 0.269 e. The zero-order valence-corrected chi connectivity index (χ0v) is 13.6. The highest BCUT2D eigenvalue weighted by atomic mass is 32.1. The van der Waals surface area contributed by atoms with Crippen molar-refractivity contribution in [1.82, 2.24) is 4.57 Å². The number of nitro benzene ring substituents is 1. The molecule has 0 aliphatic rings. The molecule has 23 heavy (non-hydrogen) atoms. The molecule has 0 aliphatic carbocycles. The van der Waals surface area contributed by atoms with Gasteiger partial charge < -0.3 is 0 Å². The topological polar surface area (TPSA) is 71.9 Å². The molecule has 2 aromatic carbocycles. The van der Waals surface area contributed by atoms with Crippen molar-refractivity contribution in [2.75, 3.05) is 0 Å². The average Bonchev–Trinajstić information content (AvgIpc) is 2.89. The minimum atomic E-state index is -0.413. The molecule has 0 bridgehead atoms. The Balaban J connectivity index is 2.04. The largest absolute Gasteiger partial charge is 0.292 e. The quantitative estimate of drug-likeness (QED) is 0.579. The third-order valence-corrected chi connectivity index (χ3v) is 4.60. The highest BCUT2D eigenvalue weighted by Crippen LogP contribution is 2.26. The van der Waals surface area contributed by atoms with E-state index in [0.717, 1.165) is 21.7 Å². The molecule has 0 amide bonds. The second-order valence-electron chi connectivity index (χ2n) is 5.36. The van der Waals surface area contributed by atoms with Crippen molar-refractivity contribution in [3.8, 4) is 16.1 Å². The lowest BCUT2D eigenvalue weighted by Crippen LogP contribution is -2.10. The van der Waals surface area contributed by atoms with Crippen LogP contribution in [0.4, 0.5) is 5.69 Å². The van der Waals surface area contributed by atoms with Gasteiger partial charge in [-0.25, -0.2) is 0 Å². The minimum absolute atomic E-state index is 0.0682. The molecule has 5 nitrogen and oxygen atoms in total. The first-order valence-corrected chi connectivity index (χ1v) is 7.87. The summed E-state index contributed by atoms with van der Waals surface area (Å²) in [7, 11) is 0. The lowest BCUT2D eigenvalue weighted by molar-refractivity contribution is -0.384. The van der Waals surface area contributed by atoms with E-state index in [1.54, 1.807) is 12.1 Å². The Bertz CT molecular complexity index is 939. The van der Waals surface area contributed by atoms with Crippen molar-refractivity contribution in [2.24, 2.45) is 0 Å². The first-order chi connectivity index (χ1) is 11.0. The normalized spacial score (nSPS) is 10.7. The van der Waals surface area contributed by atoms with Crippen LogP contribution in [0.5, 0.6) is 0 Å². The molecule has 0 unspecified atom stereocenters. The van der Waals surface area contributed by atoms with Crippen molar-refractivity contribution in [3.63, 3.8) is 0 Å². The number of benzene rings is 2. The van der Waals surface area contributed by atoms with Crippen LogP contribution < -0.4 is 4.80 Å². The maximum absolute atomic E-state index is 10.7. The summed E-state index contributed by atoms with van der Waals surface area (Å²) in [5, 5.41) is 18.9. The molecule has 1 aromatic heterocycles. The molecule has 0 atom stereocenters. The third kappa shape index (κ3) is 2.93. The Morgan fingerprint density at radius 2 is 1.83 bits per heavy atom. The van der Waals surface area contributed by atoms with Crippen molar-refractivity contribution >= 4 is 17.0 Å². The molecule has 1 heterocycles. The Hall–Kier alpha value is -2.73. The Labute approximate surface area is 137 Å². The molecule has 3 rings (SSSR count). The maximum atomic E-state index is 10.7. The zero-order valence-electron chi connectivity index (χ0n) is 12.7. The summed E-state index contributed by atoms with van der Waals surface area (Å²) >= 11 is 1.35. The number of thiazole rings is 1. The molecule has 6 heteroatoms. The summed E-state index contributed by atoms with van der Waals surface area (Å²) < 4.78 is 1.84. The molecule has 3 aromatic rings. The number of nitrogens with one attached hydrogen (secondary N) is 1. The number of rotatable bonds is 3. The first-order valence-electron chi connectivity index (χ1n) is 7.05. The Kier molecular flexibility index (Phi) is 3.83. The van der Waals surface area contributed by atoms with Crippen molar-refractivity contribution in [3.05, 3.63) is 74.7 Å². The molecule has 0 saturated carbocycles. The van der Waals surface area contributed by atoms with Gasteiger partial charge in [-0.3, -0.25) is 20.1 Å². The SMILES string of the molecule is Cc1ccc(-n2cc(-c3ccc([N+](=O)[O-])cc3)sc2=N)c(C)c1. The van der Waals surface area contributed by atoms with Gasteiger partial charge in [0.15, 0.2) is 4.80 Å². The molecule has 0 saturated heterocycles. The van der Waals surface area contributed by atoms with Gasteiger partial charge in [0.25, 0.3) is 5.69 Å². The van der Waals surface area contributed by atoms with E-state index in [1.807, 2.05) is 36.7 Å². The van der Waals surface area contributed by atoms with Crippen LogP contribution in [-0.4, -0.2) is 9.49 Å². The van der Waals surface area contributed by atoms with Gasteiger partial charge in [-0.05, 0) is 43.2 Å². The lowest BCUT2D eigenvalue weighted by Gasteiger charge is -2.07. The van der Waals surface area contributed by atoms with E-state index < -0.39 is 4.92 Å². The fraction of sp³-hybridized carbons (Fsp3) is 0.118. The molecular weight excluding hydrogens is 310 g/mol. The molecule has 0 spiro atoms. The van der Waals surface area contributed by atoms with Crippen LogP contribution in [0.3, 0.4) is 0 Å². The van der Waals surface area contributed by atoms with E-state index >= 15 is 0 Å². The summed E-state index contributed by atoms with van der Waals surface area (Å²) in [6.07, 6.45) is 1.91. The van der Waals surface area contributed by atoms with E-state index in [0.29, 0.717) is 4.80 Å². The van der Waals surface area contributed by atoms with Crippen LogP contribution in [0.15, 0.2) is 48.7 Å². The van der Waals surface area contributed by atoms with E-state index in [9.17, 15) is 10.1 Å². The van der Waals surface area contributed by atoms with Gasteiger partial charge in [-0.15, -0.1) is 0 Å². The number of aryl methyl sites for hydroxylation is 2. The number of aromatic nitrogens is 1. The van der Waals surface area contributed by atoms with E-state index in [1.165, 1.54) is 29.0 Å². The zero-order chi connectivity index (χ0) is 16.6. The van der Waals surface area contributed by atoms with E-state index in [-0.39, 0.29) is 5.69 Å². The summed E-state index contributed by atoms with van der Waals surface area (Å²) in [6.45, 7) is 4.07. The van der Waals surface area contributed by atoms with Crippen LogP contribution in [-0.2, 0) is 0 Å². The molecule has 0 radical (unpaired) electrons. The van der Waals surface area contributed by atoms with Crippen LogP contribution >= 0.6 is 11.3 Å². The highest BCUT2D eigenvalue weighted by Gasteiger charge is 2.10. The van der Waals surface area contributed by atoms with Crippen molar-refractivity contribution in [1.29, 1.82) is 5.41 Å². The van der Waals surface area contributed by atoms with Crippen LogP contribution in [0, 0.1) is 29.4 Å². The monoisotopic (exact) mass is 325 g/mol. The summed E-state index contributed by atoms with van der Waals surface area (Å²) in [6, 6.07) is 12.5. The van der Waals surface area contributed by atoms with Gasteiger partial charge in [-0.1, -0.05) is 29.0 Å².